The van der Waals surface area contributed by atoms with E-state index in [0.29, 0.717) is 11.6 Å². The Balaban J connectivity index is 1.68. The lowest BCUT2D eigenvalue weighted by Crippen LogP contribution is -2.36. The van der Waals surface area contributed by atoms with Crippen LogP contribution in [0.1, 0.15) is 17.0 Å². The highest BCUT2D eigenvalue weighted by molar-refractivity contribution is 6.30. The molecule has 1 atom stereocenters. The van der Waals surface area contributed by atoms with Crippen LogP contribution in [0.25, 0.3) is 10.8 Å². The van der Waals surface area contributed by atoms with Crippen LogP contribution in [0.3, 0.4) is 0 Å². The minimum Gasteiger partial charge on any atom is -0.324 e. The Morgan fingerprint density at radius 2 is 2.08 bits per heavy atom. The Hall–Kier alpha value is -2.43. The number of anilines is 1. The molecular weight excluding hydrogens is 334 g/mol. The van der Waals surface area contributed by atoms with Gasteiger partial charge in [0.2, 0.25) is 5.91 Å². The SMILES string of the molecule is CN1Cc2ccc(Cl)cc2C(C(=O)Nc2cncc3ccccc23)C1. The van der Waals surface area contributed by atoms with Crippen LogP contribution in [-0.4, -0.2) is 29.4 Å². The third kappa shape index (κ3) is 3.11. The van der Waals surface area contributed by atoms with Crippen LogP contribution in [0.2, 0.25) is 5.02 Å². The molecule has 1 aliphatic heterocycles. The quantitative estimate of drug-likeness (QED) is 0.757. The molecule has 2 heterocycles. The highest BCUT2D eigenvalue weighted by Gasteiger charge is 2.29. The predicted octanol–water partition coefficient (Wildman–Crippen LogP) is 4.06. The van der Waals surface area contributed by atoms with Crippen molar-refractivity contribution in [3.8, 4) is 0 Å². The lowest BCUT2D eigenvalue weighted by molar-refractivity contribution is -0.118. The second-order valence-corrected chi connectivity index (χ2v) is 6.93. The maximum absolute atomic E-state index is 13.0. The molecule has 4 nitrogen and oxygen atoms in total. The molecule has 25 heavy (non-hydrogen) atoms. The van der Waals surface area contributed by atoms with E-state index in [1.807, 2.05) is 49.5 Å². The van der Waals surface area contributed by atoms with E-state index in [2.05, 4.69) is 15.2 Å². The maximum atomic E-state index is 13.0. The number of carbonyl (C=O) groups excluding carboxylic acids is 1. The summed E-state index contributed by atoms with van der Waals surface area (Å²) in [6.45, 7) is 1.49. The summed E-state index contributed by atoms with van der Waals surface area (Å²) in [5.74, 6) is -0.292. The van der Waals surface area contributed by atoms with Gasteiger partial charge in [0, 0.05) is 35.1 Å². The third-order valence-corrected chi connectivity index (χ3v) is 4.90. The van der Waals surface area contributed by atoms with Crippen LogP contribution in [-0.2, 0) is 11.3 Å². The molecule has 0 radical (unpaired) electrons. The highest BCUT2D eigenvalue weighted by Crippen LogP contribution is 2.31. The van der Waals surface area contributed by atoms with Crippen LogP contribution in [0.15, 0.2) is 54.9 Å². The molecule has 1 amide bonds. The van der Waals surface area contributed by atoms with E-state index < -0.39 is 0 Å². The number of pyridine rings is 1. The van der Waals surface area contributed by atoms with Gasteiger partial charge in [0.25, 0.3) is 0 Å². The number of hydrogen-bond donors (Lipinski definition) is 1. The van der Waals surface area contributed by atoms with Crippen molar-refractivity contribution < 1.29 is 4.79 Å². The number of carbonyl (C=O) groups is 1. The van der Waals surface area contributed by atoms with Crippen molar-refractivity contribution in [3.05, 3.63) is 71.0 Å². The first kappa shape index (κ1) is 16.1. The van der Waals surface area contributed by atoms with Gasteiger partial charge in [0.05, 0.1) is 17.8 Å². The number of benzene rings is 2. The summed E-state index contributed by atoms with van der Waals surface area (Å²) in [5, 5.41) is 5.72. The van der Waals surface area contributed by atoms with Crippen molar-refractivity contribution >= 4 is 34.0 Å². The average Bonchev–Trinajstić information content (AvgIpc) is 2.61. The van der Waals surface area contributed by atoms with Gasteiger partial charge in [-0.05, 0) is 30.3 Å². The van der Waals surface area contributed by atoms with Crippen molar-refractivity contribution in [1.82, 2.24) is 9.88 Å². The molecule has 0 saturated carbocycles. The first-order valence-corrected chi connectivity index (χ1v) is 8.60. The van der Waals surface area contributed by atoms with Gasteiger partial charge >= 0.3 is 0 Å². The van der Waals surface area contributed by atoms with Gasteiger partial charge in [-0.25, -0.2) is 0 Å². The van der Waals surface area contributed by atoms with Crippen molar-refractivity contribution in [2.24, 2.45) is 0 Å². The zero-order chi connectivity index (χ0) is 17.4. The number of nitrogens with one attached hydrogen (secondary N) is 1. The summed E-state index contributed by atoms with van der Waals surface area (Å²) in [7, 11) is 2.03. The Morgan fingerprint density at radius 3 is 2.96 bits per heavy atom. The minimum atomic E-state index is -0.258. The summed E-state index contributed by atoms with van der Waals surface area (Å²) < 4.78 is 0. The van der Waals surface area contributed by atoms with Crippen LogP contribution in [0.4, 0.5) is 5.69 Å². The molecular formula is C20H18ClN3O. The Bertz CT molecular complexity index is 951. The number of nitrogens with zero attached hydrogens (tertiary/aromatic N) is 2. The zero-order valence-corrected chi connectivity index (χ0v) is 14.6. The van der Waals surface area contributed by atoms with Crippen LogP contribution < -0.4 is 5.32 Å². The second kappa shape index (κ2) is 6.47. The zero-order valence-electron chi connectivity index (χ0n) is 13.9. The molecule has 1 aliphatic rings. The molecule has 4 rings (SSSR count). The van der Waals surface area contributed by atoms with Crippen LogP contribution in [0, 0.1) is 0 Å². The molecule has 0 bridgehead atoms. The molecule has 1 N–H and O–H groups in total. The molecule has 0 aliphatic carbocycles. The van der Waals surface area contributed by atoms with E-state index in [1.54, 1.807) is 12.4 Å². The van der Waals surface area contributed by atoms with Gasteiger partial charge in [-0.3, -0.25) is 9.78 Å². The van der Waals surface area contributed by atoms with Gasteiger partial charge in [-0.2, -0.15) is 0 Å². The van der Waals surface area contributed by atoms with E-state index in [0.717, 1.165) is 34.1 Å². The van der Waals surface area contributed by atoms with E-state index >= 15 is 0 Å². The molecule has 0 saturated heterocycles. The Labute approximate surface area is 151 Å². The van der Waals surface area contributed by atoms with Gasteiger partial charge < -0.3 is 10.2 Å². The lowest BCUT2D eigenvalue weighted by atomic mass is 9.89. The molecule has 0 fully saturated rings. The molecule has 126 valence electrons. The Kier molecular flexibility index (Phi) is 4.15. The predicted molar refractivity (Wildman–Crippen MR) is 101 cm³/mol. The second-order valence-electron chi connectivity index (χ2n) is 6.49. The van der Waals surface area contributed by atoms with Crippen molar-refractivity contribution in [2.75, 3.05) is 18.9 Å². The van der Waals surface area contributed by atoms with Crippen molar-refractivity contribution in [3.63, 3.8) is 0 Å². The summed E-state index contributed by atoms with van der Waals surface area (Å²) in [6.07, 6.45) is 3.50. The number of halogens is 1. The summed E-state index contributed by atoms with van der Waals surface area (Å²) >= 11 is 6.17. The molecule has 1 aromatic heterocycles. The lowest BCUT2D eigenvalue weighted by Gasteiger charge is -2.31. The van der Waals surface area contributed by atoms with Crippen molar-refractivity contribution in [1.29, 1.82) is 0 Å². The number of likely N-dealkylation sites (N-methyl/N-ethyl adjacent to an activating group) is 1. The first-order chi connectivity index (χ1) is 12.1. The average molecular weight is 352 g/mol. The van der Waals surface area contributed by atoms with E-state index in [4.69, 9.17) is 11.6 Å². The fraction of sp³-hybridized carbons (Fsp3) is 0.200. The summed E-state index contributed by atoms with van der Waals surface area (Å²) in [5.41, 5.74) is 2.89. The molecule has 0 spiro atoms. The van der Waals surface area contributed by atoms with Crippen LogP contribution in [0.5, 0.6) is 0 Å². The van der Waals surface area contributed by atoms with Gasteiger partial charge in [0.15, 0.2) is 0 Å². The van der Waals surface area contributed by atoms with Crippen LogP contribution >= 0.6 is 11.6 Å². The molecule has 1 unspecified atom stereocenters. The monoisotopic (exact) mass is 351 g/mol. The maximum Gasteiger partial charge on any atom is 0.233 e. The first-order valence-electron chi connectivity index (χ1n) is 8.22. The minimum absolute atomic E-state index is 0.0341. The summed E-state index contributed by atoms with van der Waals surface area (Å²) in [4.78, 5) is 19.4. The van der Waals surface area contributed by atoms with Crippen molar-refractivity contribution in [2.45, 2.75) is 12.5 Å². The number of aromatic nitrogens is 1. The number of fused-ring (bicyclic) bond motifs is 2. The highest BCUT2D eigenvalue weighted by atomic mass is 35.5. The van der Waals surface area contributed by atoms with Gasteiger partial charge in [-0.15, -0.1) is 0 Å². The smallest absolute Gasteiger partial charge is 0.233 e. The van der Waals surface area contributed by atoms with E-state index in [1.165, 1.54) is 0 Å². The van der Waals surface area contributed by atoms with Gasteiger partial charge in [-0.1, -0.05) is 41.9 Å². The standard InChI is InChI=1S/C20H18ClN3O/c1-24-11-14-6-7-15(21)8-17(14)18(12-24)20(25)23-19-10-22-9-13-4-2-3-5-16(13)19/h2-10,18H,11-12H2,1H3,(H,23,25). The van der Waals surface area contributed by atoms with E-state index in [-0.39, 0.29) is 11.8 Å². The summed E-state index contributed by atoms with van der Waals surface area (Å²) in [6, 6.07) is 13.7. The number of rotatable bonds is 2. The third-order valence-electron chi connectivity index (χ3n) is 4.66. The molecule has 5 heteroatoms. The molecule has 2 aromatic carbocycles. The van der Waals surface area contributed by atoms with Gasteiger partial charge in [0.1, 0.15) is 0 Å². The van der Waals surface area contributed by atoms with E-state index in [9.17, 15) is 4.79 Å². The normalized spacial score (nSPS) is 17.3. The fourth-order valence-electron chi connectivity index (χ4n) is 3.46. The fourth-order valence-corrected chi connectivity index (χ4v) is 3.64. The largest absolute Gasteiger partial charge is 0.324 e. The number of amides is 1. The molecule has 3 aromatic rings. The Morgan fingerprint density at radius 1 is 1.24 bits per heavy atom. The number of hydrogen-bond acceptors (Lipinski definition) is 3. The topological polar surface area (TPSA) is 45.2 Å².